The first-order chi connectivity index (χ1) is 32.0. The molecule has 4 aromatic rings. The number of carbonyl (C=O) groups is 1. The molecule has 2 aromatic carbocycles. The highest BCUT2D eigenvalue weighted by Crippen LogP contribution is 2.39. The summed E-state index contributed by atoms with van der Waals surface area (Å²) >= 11 is 0. The maximum Gasteiger partial charge on any atom is 0.314 e. The number of nitrogens with zero attached hydrogens (tertiary/aromatic N) is 9. The third-order valence-electron chi connectivity index (χ3n) is 13.5. The van der Waals surface area contributed by atoms with Gasteiger partial charge in [0.05, 0.1) is 67.4 Å². The lowest BCUT2D eigenvalue weighted by molar-refractivity contribution is -0.145. The number of ether oxygens (including phenoxy) is 2. The molecule has 0 unspecified atom stereocenters. The van der Waals surface area contributed by atoms with E-state index in [4.69, 9.17) is 9.47 Å². The van der Waals surface area contributed by atoms with Gasteiger partial charge in [0.25, 0.3) is 0 Å². The summed E-state index contributed by atoms with van der Waals surface area (Å²) in [4.78, 5) is 32.4. The van der Waals surface area contributed by atoms with E-state index in [1.165, 1.54) is 39.7 Å². The molecule has 4 aliphatic heterocycles. The minimum atomic E-state index is -3.33. The van der Waals surface area contributed by atoms with Crippen LogP contribution in [0.2, 0.25) is 0 Å². The van der Waals surface area contributed by atoms with Crippen LogP contribution in [0.3, 0.4) is 0 Å². The van der Waals surface area contributed by atoms with Gasteiger partial charge in [-0.2, -0.15) is 5.26 Å². The Morgan fingerprint density at radius 3 is 1.34 bits per heavy atom. The molecule has 0 amide bonds. The van der Waals surface area contributed by atoms with E-state index in [9.17, 15) is 40.8 Å². The summed E-state index contributed by atoms with van der Waals surface area (Å²) in [6, 6.07) is 17.2. The molecule has 0 atom stereocenters. The number of nitriles is 1. The Morgan fingerprint density at radius 2 is 1.00 bits per heavy atom. The molecule has 0 spiro atoms. The Balaban J connectivity index is 0.000000199. The van der Waals surface area contributed by atoms with Crippen LogP contribution < -0.4 is 19.3 Å². The molecule has 1 N–H and O–H groups in total. The Labute approximate surface area is 390 Å². The fourth-order valence-corrected chi connectivity index (χ4v) is 10.9. The summed E-state index contributed by atoms with van der Waals surface area (Å²) in [6.07, 6.45) is 12.2. The van der Waals surface area contributed by atoms with Crippen molar-refractivity contribution in [1.82, 2.24) is 28.5 Å². The van der Waals surface area contributed by atoms with E-state index in [1.54, 1.807) is 24.3 Å². The molecule has 0 bridgehead atoms. The highest BCUT2D eigenvalue weighted by atomic mass is 32.2. The van der Waals surface area contributed by atoms with Crippen LogP contribution in [0.15, 0.2) is 73.3 Å². The zero-order chi connectivity index (χ0) is 47.8. The van der Waals surface area contributed by atoms with Crippen LogP contribution in [0.4, 0.5) is 20.7 Å². The maximum atomic E-state index is 13.0. The van der Waals surface area contributed by atoms with Gasteiger partial charge in [-0.3, -0.25) is 4.79 Å². The molecular formula is C46H57F2N9O8S2. The molecule has 4 saturated heterocycles. The first kappa shape index (κ1) is 49.3. The van der Waals surface area contributed by atoms with E-state index >= 15 is 0 Å². The predicted octanol–water partition coefficient (Wildman–Crippen LogP) is 5.02. The summed E-state index contributed by atoms with van der Waals surface area (Å²) in [5.41, 5.74) is -0.213. The number of carboxylic acid groups (broad SMARTS) is 1. The number of benzene rings is 2. The summed E-state index contributed by atoms with van der Waals surface area (Å²) < 4.78 is 87.9. The molecule has 6 heterocycles. The van der Waals surface area contributed by atoms with Crippen molar-refractivity contribution in [3.05, 3.63) is 96.1 Å². The first-order valence-electron chi connectivity index (χ1n) is 22.4. The van der Waals surface area contributed by atoms with Crippen LogP contribution in [-0.2, 0) is 35.7 Å². The largest absolute Gasteiger partial charge is 0.493 e. The smallest absolute Gasteiger partial charge is 0.314 e. The maximum absolute atomic E-state index is 13.0. The van der Waals surface area contributed by atoms with E-state index < -0.39 is 48.5 Å². The SMILES string of the molecule is CS(=O)(=O)N1CCC(C#N)(c2ccc(OCC3CCN(c4ncc(F)cn4)CC3)cc2)CC1.CS(=O)(=O)N1CCC(C(=O)O)(c2ccc(OCC3CCN(c4ncc(F)cn4)CC3)cc2)CC1. The first-order valence-corrected chi connectivity index (χ1v) is 26.1. The van der Waals surface area contributed by atoms with Crippen LogP contribution in [0.25, 0.3) is 0 Å². The van der Waals surface area contributed by atoms with Gasteiger partial charge >= 0.3 is 5.97 Å². The number of hydrogen-bond donors (Lipinski definition) is 1. The van der Waals surface area contributed by atoms with Gasteiger partial charge in [0.2, 0.25) is 31.9 Å². The Morgan fingerprint density at radius 1 is 0.642 bits per heavy atom. The fraction of sp³-hybridized carbons (Fsp3) is 0.522. The number of carboxylic acids is 1. The van der Waals surface area contributed by atoms with Crippen molar-refractivity contribution in [2.45, 2.75) is 62.2 Å². The topological polar surface area (TPSA) is 212 Å². The Bertz CT molecular complexity index is 2540. The zero-order valence-electron chi connectivity index (χ0n) is 37.7. The van der Waals surface area contributed by atoms with Gasteiger partial charge in [-0.25, -0.2) is 54.2 Å². The van der Waals surface area contributed by atoms with E-state index in [0.717, 1.165) is 69.4 Å². The molecular weight excluding hydrogens is 909 g/mol. The highest BCUT2D eigenvalue weighted by molar-refractivity contribution is 7.88. The van der Waals surface area contributed by atoms with Crippen LogP contribution in [0.5, 0.6) is 11.5 Å². The number of anilines is 2. The highest BCUT2D eigenvalue weighted by Gasteiger charge is 2.45. The van der Waals surface area contributed by atoms with E-state index in [0.29, 0.717) is 74.2 Å². The molecule has 4 fully saturated rings. The van der Waals surface area contributed by atoms with Crippen LogP contribution in [0, 0.1) is 34.8 Å². The van der Waals surface area contributed by atoms with Crippen LogP contribution >= 0.6 is 0 Å². The zero-order valence-corrected chi connectivity index (χ0v) is 39.3. The second-order valence-corrected chi connectivity index (χ2v) is 21.8. The number of hydrogen-bond acceptors (Lipinski definition) is 14. The Hall–Kier alpha value is -5.56. The molecule has 17 nitrogen and oxygen atoms in total. The van der Waals surface area contributed by atoms with Crippen molar-refractivity contribution in [2.24, 2.45) is 11.8 Å². The minimum absolute atomic E-state index is 0.186. The summed E-state index contributed by atoms with van der Waals surface area (Å²) in [5.74, 6) is 1.46. The quantitative estimate of drug-likeness (QED) is 0.187. The third-order valence-corrected chi connectivity index (χ3v) is 16.1. The summed E-state index contributed by atoms with van der Waals surface area (Å²) in [5, 5.41) is 19.8. The molecule has 0 radical (unpaired) electrons. The summed E-state index contributed by atoms with van der Waals surface area (Å²) in [6.45, 7) is 5.36. The molecule has 0 saturated carbocycles. The monoisotopic (exact) mass is 965 g/mol. The number of rotatable bonds is 13. The minimum Gasteiger partial charge on any atom is -0.493 e. The van der Waals surface area contributed by atoms with Gasteiger partial charge in [0.15, 0.2) is 11.6 Å². The van der Waals surface area contributed by atoms with Gasteiger partial charge in [0.1, 0.15) is 11.5 Å². The van der Waals surface area contributed by atoms with Crippen LogP contribution in [0.1, 0.15) is 62.5 Å². The standard InChI is InChI=1S/C23H28FN5O3S.C23H29FN4O5S/c1-33(30,31)29-12-8-23(17-25,9-13-29)19-2-4-21(5-3-19)32-16-18-6-10-28(11-7-18)22-26-14-20(24)15-27-22;1-34(31,32)28-12-8-23(9-13-28,21(29)30)18-2-4-20(5-3-18)33-16-17-6-10-27(11-7-17)22-25-14-19(24)15-26-22/h2-5,14-15,18H,6-13,16H2,1H3;2-5,14-15,17H,6-13,16H2,1H3,(H,29,30). The third kappa shape index (κ3) is 12.3. The number of sulfonamides is 2. The summed E-state index contributed by atoms with van der Waals surface area (Å²) in [7, 11) is -6.57. The molecule has 8 rings (SSSR count). The molecule has 2 aromatic heterocycles. The molecule has 4 aliphatic rings. The fourth-order valence-electron chi connectivity index (χ4n) is 9.20. The predicted molar refractivity (Wildman–Crippen MR) is 246 cm³/mol. The molecule has 0 aliphatic carbocycles. The lowest BCUT2D eigenvalue weighted by Crippen LogP contribution is -2.48. The van der Waals surface area contributed by atoms with Crippen molar-refractivity contribution in [2.75, 3.05) is 87.9 Å². The van der Waals surface area contributed by atoms with E-state index in [2.05, 4.69) is 30.9 Å². The van der Waals surface area contributed by atoms with Crippen molar-refractivity contribution < 1.29 is 45.0 Å². The molecule has 67 heavy (non-hydrogen) atoms. The van der Waals surface area contributed by atoms with Crippen molar-refractivity contribution in [3.63, 3.8) is 0 Å². The second-order valence-electron chi connectivity index (χ2n) is 17.8. The second kappa shape index (κ2) is 21.2. The number of halogens is 2. The van der Waals surface area contributed by atoms with Crippen LogP contribution in [-0.4, -0.2) is 135 Å². The Kier molecular flexibility index (Phi) is 15.6. The average Bonchev–Trinajstić information content (AvgIpc) is 3.33. The van der Waals surface area contributed by atoms with Gasteiger partial charge in [0, 0.05) is 52.4 Å². The number of piperidine rings is 4. The van der Waals surface area contributed by atoms with Crippen molar-refractivity contribution in [3.8, 4) is 17.6 Å². The van der Waals surface area contributed by atoms with Gasteiger partial charge in [-0.15, -0.1) is 0 Å². The number of aromatic nitrogens is 4. The van der Waals surface area contributed by atoms with E-state index in [-0.39, 0.29) is 25.9 Å². The van der Waals surface area contributed by atoms with Gasteiger partial charge in [-0.05, 0) is 98.6 Å². The lowest BCUT2D eigenvalue weighted by Gasteiger charge is -2.38. The molecule has 360 valence electrons. The van der Waals surface area contributed by atoms with Crippen molar-refractivity contribution in [1.29, 1.82) is 5.26 Å². The molecule has 21 heteroatoms. The lowest BCUT2D eigenvalue weighted by atomic mass is 9.73. The van der Waals surface area contributed by atoms with Gasteiger partial charge in [-0.1, -0.05) is 24.3 Å². The number of aliphatic carboxylic acids is 1. The van der Waals surface area contributed by atoms with Crippen molar-refractivity contribution >= 4 is 37.9 Å². The average molecular weight is 966 g/mol. The van der Waals surface area contributed by atoms with E-state index in [1.807, 2.05) is 29.2 Å². The van der Waals surface area contributed by atoms with Gasteiger partial charge < -0.3 is 24.4 Å². The normalized spacial score (nSPS) is 19.7.